The van der Waals surface area contributed by atoms with E-state index in [2.05, 4.69) is 11.1 Å². The topological polar surface area (TPSA) is 63.6 Å². The Kier molecular flexibility index (Phi) is 24.8. The van der Waals surface area contributed by atoms with E-state index in [0.29, 0.717) is 6.42 Å². The van der Waals surface area contributed by atoms with Gasteiger partial charge >= 0.3 is 40.0 Å². The van der Waals surface area contributed by atoms with Gasteiger partial charge in [-0.1, -0.05) is 116 Å². The molecular formula is C20H43NaO4S. The molecule has 0 aromatic rings. The fourth-order valence-corrected chi connectivity index (χ4v) is 3.50. The van der Waals surface area contributed by atoms with E-state index in [0.717, 1.165) is 12.8 Å². The summed E-state index contributed by atoms with van der Waals surface area (Å²) in [5.74, 6) is 0. The minimum atomic E-state index is -4.25. The summed E-state index contributed by atoms with van der Waals surface area (Å²) in [4.78, 5) is 0. The van der Waals surface area contributed by atoms with Gasteiger partial charge in [-0.05, 0) is 6.42 Å². The molecule has 0 aliphatic carbocycles. The van der Waals surface area contributed by atoms with Crippen LogP contribution in [0.1, 0.15) is 122 Å². The standard InChI is InChI=1S/C20H42O4S.Na.H/c1-2-3-4-5-6-7-8-9-10-11-12-13-14-15-16-17-18-19-20-24-25(21,22)23;;/h2-20H2,1H3,(H,21,22,23);;. The first-order chi connectivity index (χ1) is 12.1. The van der Waals surface area contributed by atoms with Crippen molar-refractivity contribution in [2.75, 3.05) is 6.61 Å². The summed E-state index contributed by atoms with van der Waals surface area (Å²) in [6.45, 7) is 2.37. The zero-order valence-corrected chi connectivity index (χ0v) is 17.3. The first kappa shape index (κ1) is 29.1. The van der Waals surface area contributed by atoms with E-state index < -0.39 is 10.4 Å². The molecule has 0 aliphatic heterocycles. The zero-order chi connectivity index (χ0) is 18.6. The van der Waals surface area contributed by atoms with Crippen LogP contribution in [0.3, 0.4) is 0 Å². The van der Waals surface area contributed by atoms with Crippen molar-refractivity contribution in [3.8, 4) is 0 Å². The molecule has 0 aromatic heterocycles. The molecule has 0 rings (SSSR count). The van der Waals surface area contributed by atoms with Crippen molar-refractivity contribution >= 4 is 40.0 Å². The summed E-state index contributed by atoms with van der Waals surface area (Å²) in [5, 5.41) is 0. The average molecular weight is 403 g/mol. The number of rotatable bonds is 20. The molecule has 0 fully saturated rings. The molecule has 1 N–H and O–H groups in total. The van der Waals surface area contributed by atoms with Gasteiger partial charge in [0.1, 0.15) is 0 Å². The average Bonchev–Trinajstić information content (AvgIpc) is 2.56. The van der Waals surface area contributed by atoms with Gasteiger partial charge < -0.3 is 0 Å². The van der Waals surface area contributed by atoms with Crippen molar-refractivity contribution < 1.29 is 17.2 Å². The van der Waals surface area contributed by atoms with E-state index in [9.17, 15) is 8.42 Å². The summed E-state index contributed by atoms with van der Waals surface area (Å²) >= 11 is 0. The molecule has 0 bridgehead atoms. The monoisotopic (exact) mass is 402 g/mol. The van der Waals surface area contributed by atoms with Gasteiger partial charge in [0, 0.05) is 0 Å². The van der Waals surface area contributed by atoms with Gasteiger partial charge in [0.2, 0.25) is 0 Å². The Labute approximate surface area is 185 Å². The second-order valence-corrected chi connectivity index (χ2v) is 8.35. The molecule has 6 heteroatoms. The van der Waals surface area contributed by atoms with E-state index in [1.165, 1.54) is 96.3 Å². The normalized spacial score (nSPS) is 11.5. The van der Waals surface area contributed by atoms with Crippen LogP contribution in [-0.2, 0) is 14.6 Å². The minimum absolute atomic E-state index is 0. The van der Waals surface area contributed by atoms with E-state index in [1.54, 1.807) is 0 Å². The van der Waals surface area contributed by atoms with E-state index >= 15 is 0 Å². The van der Waals surface area contributed by atoms with Gasteiger partial charge in [-0.3, -0.25) is 4.55 Å². The van der Waals surface area contributed by atoms with Gasteiger partial charge in [0.05, 0.1) is 6.61 Å². The van der Waals surface area contributed by atoms with Crippen LogP contribution in [0, 0.1) is 0 Å². The summed E-state index contributed by atoms with van der Waals surface area (Å²) in [5.41, 5.74) is 0. The van der Waals surface area contributed by atoms with E-state index in [4.69, 9.17) is 4.55 Å². The predicted octanol–water partition coefficient (Wildman–Crippen LogP) is 6.20. The Morgan fingerprint density at radius 1 is 0.577 bits per heavy atom. The number of hydrogen-bond acceptors (Lipinski definition) is 3. The molecular weight excluding hydrogens is 359 g/mol. The van der Waals surface area contributed by atoms with Gasteiger partial charge in [0.15, 0.2) is 0 Å². The van der Waals surface area contributed by atoms with E-state index in [-0.39, 0.29) is 36.2 Å². The Bertz CT molecular complexity index is 361. The molecule has 0 spiro atoms. The Morgan fingerprint density at radius 3 is 1.12 bits per heavy atom. The van der Waals surface area contributed by atoms with Crippen LogP contribution in [-0.4, -0.2) is 49.1 Å². The molecule has 0 heterocycles. The molecule has 0 atom stereocenters. The van der Waals surface area contributed by atoms with Gasteiger partial charge in [0.25, 0.3) is 0 Å². The van der Waals surface area contributed by atoms with Crippen LogP contribution in [0.4, 0.5) is 0 Å². The molecule has 0 amide bonds. The summed E-state index contributed by atoms with van der Waals surface area (Å²) < 4.78 is 33.4. The maximum atomic E-state index is 10.3. The molecule has 0 radical (unpaired) electrons. The third-order valence-electron chi connectivity index (χ3n) is 4.73. The van der Waals surface area contributed by atoms with Crippen molar-refractivity contribution in [2.24, 2.45) is 0 Å². The van der Waals surface area contributed by atoms with Crippen LogP contribution in [0.5, 0.6) is 0 Å². The van der Waals surface area contributed by atoms with Crippen LogP contribution in [0.15, 0.2) is 0 Å². The van der Waals surface area contributed by atoms with E-state index in [1.807, 2.05) is 0 Å². The molecule has 26 heavy (non-hydrogen) atoms. The predicted molar refractivity (Wildman–Crippen MR) is 113 cm³/mol. The Morgan fingerprint density at radius 2 is 0.846 bits per heavy atom. The van der Waals surface area contributed by atoms with Crippen LogP contribution in [0.2, 0.25) is 0 Å². The molecule has 0 saturated carbocycles. The first-order valence-corrected chi connectivity index (χ1v) is 12.0. The second kappa shape index (κ2) is 22.2. The van der Waals surface area contributed by atoms with Gasteiger partial charge in [-0.15, -0.1) is 0 Å². The summed E-state index contributed by atoms with van der Waals surface area (Å²) in [6, 6.07) is 0. The van der Waals surface area contributed by atoms with Crippen molar-refractivity contribution in [2.45, 2.75) is 122 Å². The van der Waals surface area contributed by atoms with Crippen LogP contribution >= 0.6 is 0 Å². The molecule has 0 aromatic carbocycles. The Balaban J connectivity index is 0. The summed E-state index contributed by atoms with van der Waals surface area (Å²) in [6.07, 6.45) is 23.4. The van der Waals surface area contributed by atoms with Crippen molar-refractivity contribution in [1.82, 2.24) is 0 Å². The van der Waals surface area contributed by atoms with Gasteiger partial charge in [-0.25, -0.2) is 4.18 Å². The first-order valence-electron chi connectivity index (χ1n) is 10.7. The van der Waals surface area contributed by atoms with Crippen molar-refractivity contribution in [1.29, 1.82) is 0 Å². The molecule has 0 unspecified atom stereocenters. The quantitative estimate of drug-likeness (QED) is 0.150. The van der Waals surface area contributed by atoms with Crippen molar-refractivity contribution in [3.05, 3.63) is 0 Å². The second-order valence-electron chi connectivity index (χ2n) is 7.26. The zero-order valence-electron chi connectivity index (χ0n) is 16.5. The number of unbranched alkanes of at least 4 members (excludes halogenated alkanes) is 17. The Hall–Kier alpha value is 0.870. The maximum absolute atomic E-state index is 10.3. The third kappa shape index (κ3) is 27.1. The SMILES string of the molecule is CCCCCCCCCCCCCCCCCCCCOS(=O)(=O)O.[NaH]. The molecule has 154 valence electrons. The molecule has 0 aliphatic rings. The molecule has 4 nitrogen and oxygen atoms in total. The molecule has 0 saturated heterocycles. The third-order valence-corrected chi connectivity index (χ3v) is 5.19. The van der Waals surface area contributed by atoms with Gasteiger partial charge in [-0.2, -0.15) is 8.42 Å². The fourth-order valence-electron chi connectivity index (χ4n) is 3.17. The van der Waals surface area contributed by atoms with Crippen molar-refractivity contribution in [3.63, 3.8) is 0 Å². The van der Waals surface area contributed by atoms with Crippen LogP contribution < -0.4 is 0 Å². The fraction of sp³-hybridized carbons (Fsp3) is 1.00. The summed E-state index contributed by atoms with van der Waals surface area (Å²) in [7, 11) is -4.25. The number of hydrogen-bond donors (Lipinski definition) is 1. The van der Waals surface area contributed by atoms with Crippen LogP contribution in [0.25, 0.3) is 0 Å².